The second kappa shape index (κ2) is 5.27. The third kappa shape index (κ3) is 3.03. The first-order valence-electron chi connectivity index (χ1n) is 6.13. The summed E-state index contributed by atoms with van der Waals surface area (Å²) in [5, 5.41) is 10.6. The Bertz CT molecular complexity index is 412. The van der Waals surface area contributed by atoms with E-state index in [-0.39, 0.29) is 10.6 Å². The van der Waals surface area contributed by atoms with E-state index < -0.39 is 0 Å². The molecular weight excluding hydrogens is 216 g/mol. The van der Waals surface area contributed by atoms with Crippen molar-refractivity contribution in [2.75, 3.05) is 13.1 Å². The standard InChI is InChI=1S/C13H18N2O2/c1-11-9-13(15(16)17)6-5-12(11)10-14-7-3-2-4-8-14/h5-6,9H,2-4,7-8,10H2,1H3. The maximum atomic E-state index is 10.6. The van der Waals surface area contributed by atoms with Gasteiger partial charge in [0.15, 0.2) is 0 Å². The molecule has 0 aliphatic carbocycles. The van der Waals surface area contributed by atoms with Gasteiger partial charge in [-0.2, -0.15) is 0 Å². The van der Waals surface area contributed by atoms with Gasteiger partial charge in [-0.15, -0.1) is 0 Å². The summed E-state index contributed by atoms with van der Waals surface area (Å²) in [6, 6.07) is 5.16. The monoisotopic (exact) mass is 234 g/mol. The van der Waals surface area contributed by atoms with Crippen molar-refractivity contribution in [3.05, 3.63) is 39.4 Å². The predicted molar refractivity (Wildman–Crippen MR) is 67.0 cm³/mol. The smallest absolute Gasteiger partial charge is 0.269 e. The van der Waals surface area contributed by atoms with Crippen LogP contribution in [0.2, 0.25) is 0 Å². The quantitative estimate of drug-likeness (QED) is 0.596. The van der Waals surface area contributed by atoms with Gasteiger partial charge >= 0.3 is 0 Å². The number of nitro groups is 1. The summed E-state index contributed by atoms with van der Waals surface area (Å²) >= 11 is 0. The molecule has 1 aliphatic heterocycles. The maximum Gasteiger partial charge on any atom is 0.269 e. The number of hydrogen-bond donors (Lipinski definition) is 0. The Balaban J connectivity index is 2.08. The molecule has 2 rings (SSSR count). The average molecular weight is 234 g/mol. The minimum Gasteiger partial charge on any atom is -0.299 e. The van der Waals surface area contributed by atoms with Gasteiger partial charge in [-0.1, -0.05) is 12.5 Å². The Morgan fingerprint density at radius 1 is 1.29 bits per heavy atom. The first-order chi connectivity index (χ1) is 8.16. The molecule has 0 spiro atoms. The van der Waals surface area contributed by atoms with E-state index in [2.05, 4.69) is 4.90 Å². The molecule has 0 radical (unpaired) electrons. The van der Waals surface area contributed by atoms with Crippen molar-refractivity contribution in [2.24, 2.45) is 0 Å². The number of non-ortho nitro benzene ring substituents is 1. The average Bonchev–Trinajstić information content (AvgIpc) is 2.33. The van der Waals surface area contributed by atoms with E-state index in [0.717, 1.165) is 25.2 Å². The van der Waals surface area contributed by atoms with Crippen LogP contribution >= 0.6 is 0 Å². The Morgan fingerprint density at radius 3 is 2.59 bits per heavy atom. The third-order valence-corrected chi connectivity index (χ3v) is 3.38. The highest BCUT2D eigenvalue weighted by molar-refractivity contribution is 5.39. The van der Waals surface area contributed by atoms with Gasteiger partial charge in [0.05, 0.1) is 4.92 Å². The van der Waals surface area contributed by atoms with Crippen molar-refractivity contribution >= 4 is 5.69 Å². The van der Waals surface area contributed by atoms with Crippen molar-refractivity contribution in [2.45, 2.75) is 32.7 Å². The minimum atomic E-state index is -0.336. The van der Waals surface area contributed by atoms with Gasteiger partial charge in [0.1, 0.15) is 0 Å². The van der Waals surface area contributed by atoms with Crippen molar-refractivity contribution in [3.63, 3.8) is 0 Å². The Morgan fingerprint density at radius 2 is 2.00 bits per heavy atom. The lowest BCUT2D eigenvalue weighted by molar-refractivity contribution is -0.384. The van der Waals surface area contributed by atoms with Crippen LogP contribution in [0.15, 0.2) is 18.2 Å². The zero-order chi connectivity index (χ0) is 12.3. The summed E-state index contributed by atoms with van der Waals surface area (Å²) in [6.45, 7) is 5.17. The lowest BCUT2D eigenvalue weighted by Crippen LogP contribution is -2.29. The Labute approximate surface area is 101 Å². The Kier molecular flexibility index (Phi) is 3.74. The first-order valence-corrected chi connectivity index (χ1v) is 6.13. The molecule has 4 nitrogen and oxygen atoms in total. The number of hydrogen-bond acceptors (Lipinski definition) is 3. The molecule has 0 unspecified atom stereocenters. The number of aryl methyl sites for hydroxylation is 1. The molecule has 1 fully saturated rings. The second-order valence-corrected chi connectivity index (χ2v) is 4.70. The highest BCUT2D eigenvalue weighted by atomic mass is 16.6. The third-order valence-electron chi connectivity index (χ3n) is 3.38. The highest BCUT2D eigenvalue weighted by Crippen LogP contribution is 2.20. The van der Waals surface area contributed by atoms with Crippen molar-refractivity contribution in [1.29, 1.82) is 0 Å². The minimum absolute atomic E-state index is 0.185. The lowest BCUT2D eigenvalue weighted by Gasteiger charge is -2.26. The molecular formula is C13H18N2O2. The summed E-state index contributed by atoms with van der Waals surface area (Å²) in [4.78, 5) is 12.7. The van der Waals surface area contributed by atoms with Crippen molar-refractivity contribution < 1.29 is 4.92 Å². The molecule has 0 saturated carbocycles. The van der Waals surface area contributed by atoms with Gasteiger partial charge < -0.3 is 0 Å². The topological polar surface area (TPSA) is 46.4 Å². The summed E-state index contributed by atoms with van der Waals surface area (Å²) in [5.41, 5.74) is 2.41. The molecule has 1 aromatic rings. The fourth-order valence-corrected chi connectivity index (χ4v) is 2.33. The van der Waals surface area contributed by atoms with Gasteiger partial charge in [-0.05, 0) is 44.0 Å². The molecule has 0 amide bonds. The molecule has 0 aromatic heterocycles. The molecule has 1 saturated heterocycles. The van der Waals surface area contributed by atoms with Crippen LogP contribution in [0.25, 0.3) is 0 Å². The summed E-state index contributed by atoms with van der Waals surface area (Å²) in [5.74, 6) is 0. The van der Waals surface area contributed by atoms with Gasteiger partial charge in [0, 0.05) is 18.7 Å². The zero-order valence-electron chi connectivity index (χ0n) is 10.2. The van der Waals surface area contributed by atoms with E-state index >= 15 is 0 Å². The van der Waals surface area contributed by atoms with Crippen LogP contribution in [0, 0.1) is 17.0 Å². The fraction of sp³-hybridized carbons (Fsp3) is 0.538. The molecule has 0 atom stereocenters. The molecule has 4 heteroatoms. The van der Waals surface area contributed by atoms with Gasteiger partial charge in [0.2, 0.25) is 0 Å². The maximum absolute atomic E-state index is 10.6. The number of likely N-dealkylation sites (tertiary alicyclic amines) is 1. The van der Waals surface area contributed by atoms with Crippen LogP contribution in [-0.2, 0) is 6.54 Å². The van der Waals surface area contributed by atoms with Crippen LogP contribution in [-0.4, -0.2) is 22.9 Å². The van der Waals surface area contributed by atoms with Crippen LogP contribution in [0.4, 0.5) is 5.69 Å². The summed E-state index contributed by atoms with van der Waals surface area (Å²) < 4.78 is 0. The first kappa shape index (κ1) is 12.0. The van der Waals surface area contributed by atoms with E-state index in [1.165, 1.54) is 24.8 Å². The summed E-state index contributed by atoms with van der Waals surface area (Å²) in [6.07, 6.45) is 3.87. The van der Waals surface area contributed by atoms with Crippen LogP contribution < -0.4 is 0 Å². The van der Waals surface area contributed by atoms with Crippen molar-refractivity contribution in [3.8, 4) is 0 Å². The number of nitro benzene ring substituents is 1. The van der Waals surface area contributed by atoms with E-state index in [1.54, 1.807) is 12.1 Å². The molecule has 1 heterocycles. The molecule has 1 aliphatic rings. The SMILES string of the molecule is Cc1cc([N+](=O)[O-])ccc1CN1CCCCC1. The lowest BCUT2D eigenvalue weighted by atomic mass is 10.1. The van der Waals surface area contributed by atoms with Gasteiger partial charge in [-0.3, -0.25) is 15.0 Å². The van der Waals surface area contributed by atoms with Gasteiger partial charge in [0.25, 0.3) is 5.69 Å². The second-order valence-electron chi connectivity index (χ2n) is 4.70. The predicted octanol–water partition coefficient (Wildman–Crippen LogP) is 2.89. The molecule has 17 heavy (non-hydrogen) atoms. The number of nitrogens with zero attached hydrogens (tertiary/aromatic N) is 2. The number of rotatable bonds is 3. The van der Waals surface area contributed by atoms with Crippen LogP contribution in [0.5, 0.6) is 0 Å². The van der Waals surface area contributed by atoms with Gasteiger partial charge in [-0.25, -0.2) is 0 Å². The molecule has 0 bridgehead atoms. The normalized spacial score (nSPS) is 17.0. The fourth-order valence-electron chi connectivity index (χ4n) is 2.33. The molecule has 0 N–H and O–H groups in total. The largest absolute Gasteiger partial charge is 0.299 e. The molecule has 1 aromatic carbocycles. The summed E-state index contributed by atoms with van der Waals surface area (Å²) in [7, 11) is 0. The van der Waals surface area contributed by atoms with E-state index in [4.69, 9.17) is 0 Å². The van der Waals surface area contributed by atoms with Crippen LogP contribution in [0.3, 0.4) is 0 Å². The van der Waals surface area contributed by atoms with Crippen molar-refractivity contribution in [1.82, 2.24) is 4.90 Å². The highest BCUT2D eigenvalue weighted by Gasteiger charge is 2.13. The van der Waals surface area contributed by atoms with E-state index in [9.17, 15) is 10.1 Å². The number of piperidine rings is 1. The van der Waals surface area contributed by atoms with Crippen LogP contribution in [0.1, 0.15) is 30.4 Å². The zero-order valence-corrected chi connectivity index (χ0v) is 10.2. The van der Waals surface area contributed by atoms with E-state index in [0.29, 0.717) is 0 Å². The number of benzene rings is 1. The van der Waals surface area contributed by atoms with E-state index in [1.807, 2.05) is 13.0 Å². The Hall–Kier alpha value is -1.42. The molecule has 92 valence electrons.